The van der Waals surface area contributed by atoms with Crippen LogP contribution in [-0.2, 0) is 0 Å². The molecular weight excluding hydrogens is 202 g/mol. The normalized spacial score (nSPS) is 11.5. The Morgan fingerprint density at radius 3 is 2.43 bits per heavy atom. The lowest BCUT2D eigenvalue weighted by Gasteiger charge is -2.31. The highest BCUT2D eigenvalue weighted by Crippen LogP contribution is 2.21. The zero-order chi connectivity index (χ0) is 10.9. The van der Waals surface area contributed by atoms with Gasteiger partial charge in [-0.25, -0.2) is 0 Å². The lowest BCUT2D eigenvalue weighted by atomic mass is 10.1. The number of hydrogen-bond acceptors (Lipinski definition) is 2. The van der Waals surface area contributed by atoms with Gasteiger partial charge >= 0.3 is 0 Å². The first kappa shape index (κ1) is 11.1. The van der Waals surface area contributed by atoms with Crippen LogP contribution in [0.2, 0.25) is 5.22 Å². The first-order chi connectivity index (χ1) is 6.34. The fourth-order valence-electron chi connectivity index (χ4n) is 0.931. The van der Waals surface area contributed by atoms with Gasteiger partial charge in [-0.15, -0.1) is 0 Å². The van der Waals surface area contributed by atoms with Crippen molar-refractivity contribution in [1.29, 1.82) is 0 Å². The monoisotopic (exact) mass is 215 g/mol. The van der Waals surface area contributed by atoms with Crippen molar-refractivity contribution in [1.82, 2.24) is 4.90 Å². The number of hydrogen-bond donors (Lipinski definition) is 0. The summed E-state index contributed by atoms with van der Waals surface area (Å²) in [5.41, 5.74) is 0.182. The first-order valence-electron chi connectivity index (χ1n) is 4.35. The average Bonchev–Trinajstić information content (AvgIpc) is 2.47. The summed E-state index contributed by atoms with van der Waals surface area (Å²) in [6.07, 6.45) is 1.41. The van der Waals surface area contributed by atoms with Crippen molar-refractivity contribution in [3.63, 3.8) is 0 Å². The van der Waals surface area contributed by atoms with E-state index in [-0.39, 0.29) is 16.7 Å². The van der Waals surface area contributed by atoms with Crippen LogP contribution < -0.4 is 0 Å². The van der Waals surface area contributed by atoms with Crippen LogP contribution in [0.1, 0.15) is 31.1 Å². The van der Waals surface area contributed by atoms with E-state index in [9.17, 15) is 4.79 Å². The molecule has 1 amide bonds. The van der Waals surface area contributed by atoms with E-state index in [1.807, 2.05) is 20.8 Å². The molecule has 0 radical (unpaired) electrons. The van der Waals surface area contributed by atoms with E-state index in [0.717, 1.165) is 0 Å². The van der Waals surface area contributed by atoms with Gasteiger partial charge in [-0.2, -0.15) is 0 Å². The molecule has 0 aliphatic heterocycles. The van der Waals surface area contributed by atoms with Crippen LogP contribution >= 0.6 is 11.6 Å². The van der Waals surface area contributed by atoms with Crippen LogP contribution in [0.5, 0.6) is 0 Å². The minimum Gasteiger partial charge on any atom is -0.452 e. The Bertz CT molecular complexity index is 338. The van der Waals surface area contributed by atoms with Gasteiger partial charge in [-0.05, 0) is 38.4 Å². The topological polar surface area (TPSA) is 33.5 Å². The smallest absolute Gasteiger partial charge is 0.258 e. The molecule has 78 valence electrons. The maximum absolute atomic E-state index is 11.9. The quantitative estimate of drug-likeness (QED) is 0.722. The number of furan rings is 1. The third-order valence-corrected chi connectivity index (χ3v) is 2.45. The SMILES string of the molecule is CN(C(=O)c1ccoc1Cl)C(C)(C)C. The van der Waals surface area contributed by atoms with Gasteiger partial charge in [-0.1, -0.05) is 0 Å². The van der Waals surface area contributed by atoms with E-state index in [2.05, 4.69) is 0 Å². The molecule has 0 N–H and O–H groups in total. The molecule has 4 heteroatoms. The third kappa shape index (κ3) is 2.10. The summed E-state index contributed by atoms with van der Waals surface area (Å²) in [6.45, 7) is 5.87. The molecule has 0 saturated carbocycles. The molecule has 1 aromatic heterocycles. The highest BCUT2D eigenvalue weighted by Gasteiger charge is 2.25. The van der Waals surface area contributed by atoms with Crippen LogP contribution in [-0.4, -0.2) is 23.4 Å². The lowest BCUT2D eigenvalue weighted by molar-refractivity contribution is 0.0655. The Morgan fingerprint density at radius 1 is 1.50 bits per heavy atom. The maximum atomic E-state index is 11.9. The van der Waals surface area contributed by atoms with Crippen LogP contribution in [0.4, 0.5) is 0 Å². The van der Waals surface area contributed by atoms with E-state index in [1.54, 1.807) is 18.0 Å². The zero-order valence-electron chi connectivity index (χ0n) is 8.80. The highest BCUT2D eigenvalue weighted by atomic mass is 35.5. The van der Waals surface area contributed by atoms with Crippen molar-refractivity contribution < 1.29 is 9.21 Å². The maximum Gasteiger partial charge on any atom is 0.258 e. The number of rotatable bonds is 1. The van der Waals surface area contributed by atoms with Crippen molar-refractivity contribution in [2.45, 2.75) is 26.3 Å². The van der Waals surface area contributed by atoms with Gasteiger partial charge < -0.3 is 9.32 Å². The number of carbonyl (C=O) groups excluding carboxylic acids is 1. The summed E-state index contributed by atoms with van der Waals surface area (Å²) >= 11 is 5.71. The van der Waals surface area contributed by atoms with Crippen molar-refractivity contribution >= 4 is 17.5 Å². The van der Waals surface area contributed by atoms with E-state index in [0.29, 0.717) is 5.56 Å². The Hall–Kier alpha value is -0.960. The molecule has 1 aromatic rings. The number of halogens is 1. The fraction of sp³-hybridized carbons (Fsp3) is 0.500. The van der Waals surface area contributed by atoms with E-state index >= 15 is 0 Å². The standard InChI is InChI=1S/C10H14ClNO2/c1-10(2,3)12(4)9(13)7-5-6-14-8(7)11/h5-6H,1-4H3. The number of carbonyl (C=O) groups is 1. The van der Waals surface area contributed by atoms with Gasteiger partial charge in [0.2, 0.25) is 5.22 Å². The Labute approximate surface area is 88.6 Å². The van der Waals surface area contributed by atoms with Gasteiger partial charge in [0.15, 0.2) is 0 Å². The van der Waals surface area contributed by atoms with Crippen LogP contribution in [0.15, 0.2) is 16.7 Å². The average molecular weight is 216 g/mol. The summed E-state index contributed by atoms with van der Waals surface area (Å²) in [4.78, 5) is 13.5. The summed E-state index contributed by atoms with van der Waals surface area (Å²) in [5.74, 6) is -0.128. The van der Waals surface area contributed by atoms with Crippen LogP contribution in [0.25, 0.3) is 0 Å². The highest BCUT2D eigenvalue weighted by molar-refractivity contribution is 6.32. The summed E-state index contributed by atoms with van der Waals surface area (Å²) in [6, 6.07) is 1.58. The predicted octanol–water partition coefficient (Wildman–Crippen LogP) is 2.80. The Balaban J connectivity index is 2.92. The molecule has 0 spiro atoms. The second-order valence-corrected chi connectivity index (χ2v) is 4.49. The van der Waals surface area contributed by atoms with Crippen molar-refractivity contribution in [2.24, 2.45) is 0 Å². The minimum atomic E-state index is -0.225. The van der Waals surface area contributed by atoms with Gasteiger partial charge in [0, 0.05) is 12.6 Å². The van der Waals surface area contributed by atoms with E-state index in [1.165, 1.54) is 6.26 Å². The Morgan fingerprint density at radius 2 is 2.07 bits per heavy atom. The molecule has 0 atom stereocenters. The van der Waals surface area contributed by atoms with E-state index < -0.39 is 0 Å². The molecule has 1 heterocycles. The second-order valence-electron chi connectivity index (χ2n) is 4.14. The van der Waals surface area contributed by atoms with Gasteiger partial charge in [0.25, 0.3) is 5.91 Å². The fourth-order valence-corrected chi connectivity index (χ4v) is 1.13. The van der Waals surface area contributed by atoms with Crippen molar-refractivity contribution in [2.75, 3.05) is 7.05 Å². The van der Waals surface area contributed by atoms with E-state index in [4.69, 9.17) is 16.0 Å². The van der Waals surface area contributed by atoms with Gasteiger partial charge in [0.05, 0.1) is 11.8 Å². The predicted molar refractivity (Wildman–Crippen MR) is 55.6 cm³/mol. The number of amides is 1. The van der Waals surface area contributed by atoms with Crippen molar-refractivity contribution in [3.05, 3.63) is 23.1 Å². The summed E-state index contributed by atoms with van der Waals surface area (Å²) in [5, 5.41) is 0.145. The third-order valence-electron chi connectivity index (χ3n) is 2.16. The first-order valence-corrected chi connectivity index (χ1v) is 4.73. The molecule has 14 heavy (non-hydrogen) atoms. The molecule has 0 aliphatic rings. The molecule has 0 aliphatic carbocycles. The molecule has 0 fully saturated rings. The molecular formula is C10H14ClNO2. The summed E-state index contributed by atoms with van der Waals surface area (Å²) < 4.78 is 4.87. The van der Waals surface area contributed by atoms with Crippen LogP contribution in [0.3, 0.4) is 0 Å². The second kappa shape index (κ2) is 3.65. The molecule has 1 rings (SSSR count). The molecule has 3 nitrogen and oxygen atoms in total. The van der Waals surface area contributed by atoms with Gasteiger partial charge in [-0.3, -0.25) is 4.79 Å². The largest absolute Gasteiger partial charge is 0.452 e. The molecule has 0 saturated heterocycles. The zero-order valence-corrected chi connectivity index (χ0v) is 9.55. The molecule has 0 unspecified atom stereocenters. The summed E-state index contributed by atoms with van der Waals surface area (Å²) in [7, 11) is 1.74. The van der Waals surface area contributed by atoms with Gasteiger partial charge in [0.1, 0.15) is 0 Å². The van der Waals surface area contributed by atoms with Crippen LogP contribution in [0, 0.1) is 0 Å². The minimum absolute atomic E-state index is 0.128. The molecule has 0 aromatic carbocycles. The Kier molecular flexibility index (Phi) is 2.90. The number of nitrogens with zero attached hydrogens (tertiary/aromatic N) is 1. The van der Waals surface area contributed by atoms with Crippen molar-refractivity contribution in [3.8, 4) is 0 Å². The molecule has 0 bridgehead atoms. The lowest BCUT2D eigenvalue weighted by Crippen LogP contribution is -2.42.